The van der Waals surface area contributed by atoms with Gasteiger partial charge in [0, 0.05) is 11.8 Å². The first kappa shape index (κ1) is 21.7. The van der Waals surface area contributed by atoms with Gasteiger partial charge in [0.15, 0.2) is 0 Å². The minimum Gasteiger partial charge on any atom is -0.249 e. The number of aromatic nitrogens is 2. The van der Waals surface area contributed by atoms with Crippen LogP contribution in [0.3, 0.4) is 0 Å². The number of benzene rings is 2. The van der Waals surface area contributed by atoms with E-state index in [4.69, 9.17) is 9.97 Å². The average Bonchev–Trinajstić information content (AvgIpc) is 2.81. The molecule has 0 saturated carbocycles. The summed E-state index contributed by atoms with van der Waals surface area (Å²) in [5.74, 6) is 0.700. The molecule has 2 nitrogen and oxygen atoms in total. The fourth-order valence-corrected chi connectivity index (χ4v) is 3.32. The summed E-state index contributed by atoms with van der Waals surface area (Å²) in [5.41, 5.74) is 6.47. The molecule has 2 aromatic carbocycles. The number of hydrogen-bond acceptors (Lipinski definition) is 2. The quantitative estimate of drug-likeness (QED) is 0.387. The minimum absolute atomic E-state index is 0.350. The van der Waals surface area contributed by atoms with Crippen LogP contribution >= 0.6 is 0 Å². The van der Waals surface area contributed by atoms with Gasteiger partial charge in [0.2, 0.25) is 0 Å². The van der Waals surface area contributed by atoms with Gasteiger partial charge in [-0.15, -0.1) is 0 Å². The highest BCUT2D eigenvalue weighted by Crippen LogP contribution is 2.28. The Labute approximate surface area is 181 Å². The zero-order valence-electron chi connectivity index (χ0n) is 18.5. The van der Waals surface area contributed by atoms with Gasteiger partial charge in [0.1, 0.15) is 0 Å². The molecule has 0 radical (unpaired) electrons. The molecule has 0 bridgehead atoms. The molecule has 0 aliphatic rings. The fourth-order valence-electron chi connectivity index (χ4n) is 3.32. The lowest BCUT2D eigenvalue weighted by atomic mass is 9.97. The van der Waals surface area contributed by atoms with Gasteiger partial charge in [0.25, 0.3) is 0 Å². The molecule has 30 heavy (non-hydrogen) atoms. The van der Waals surface area contributed by atoms with E-state index in [0.29, 0.717) is 11.8 Å². The topological polar surface area (TPSA) is 25.8 Å². The minimum atomic E-state index is 0.350. The molecule has 0 aliphatic heterocycles. The smallest absolute Gasteiger partial charge is 0.0852 e. The highest BCUT2D eigenvalue weighted by Gasteiger charge is 2.18. The Balaban J connectivity index is 2.08. The lowest BCUT2D eigenvalue weighted by molar-refractivity contribution is 0.667. The van der Waals surface area contributed by atoms with Gasteiger partial charge in [-0.3, -0.25) is 0 Å². The van der Waals surface area contributed by atoms with Gasteiger partial charge in [-0.05, 0) is 36.1 Å². The third-order valence-corrected chi connectivity index (χ3v) is 5.63. The predicted octanol–water partition coefficient (Wildman–Crippen LogP) is 7.84. The van der Waals surface area contributed by atoms with Crippen molar-refractivity contribution in [2.24, 2.45) is 0 Å². The van der Waals surface area contributed by atoms with Gasteiger partial charge in [-0.25, -0.2) is 9.97 Å². The molecule has 3 aromatic rings. The highest BCUT2D eigenvalue weighted by molar-refractivity contribution is 5.72. The van der Waals surface area contributed by atoms with Crippen molar-refractivity contribution in [1.82, 2.24) is 9.97 Å². The van der Waals surface area contributed by atoms with Crippen LogP contribution in [0.4, 0.5) is 0 Å². The first-order chi connectivity index (χ1) is 14.6. The highest BCUT2D eigenvalue weighted by atomic mass is 14.9. The van der Waals surface area contributed by atoms with Crippen molar-refractivity contribution < 1.29 is 0 Å². The van der Waals surface area contributed by atoms with Crippen molar-refractivity contribution in [1.29, 1.82) is 0 Å². The molecule has 0 fully saturated rings. The van der Waals surface area contributed by atoms with E-state index in [-0.39, 0.29) is 0 Å². The molecule has 0 aliphatic carbocycles. The van der Waals surface area contributed by atoms with Crippen LogP contribution in [-0.4, -0.2) is 9.97 Å². The normalized spacial score (nSPS) is 13.7. The van der Waals surface area contributed by atoms with Crippen molar-refractivity contribution in [3.05, 3.63) is 94.6 Å². The molecule has 0 spiro atoms. The maximum Gasteiger partial charge on any atom is 0.0852 e. The molecule has 0 N–H and O–H groups in total. The predicted molar refractivity (Wildman–Crippen MR) is 130 cm³/mol. The molecule has 2 atom stereocenters. The lowest BCUT2D eigenvalue weighted by Gasteiger charge is -2.18. The Morgan fingerprint density at radius 2 is 0.967 bits per heavy atom. The van der Waals surface area contributed by atoms with Crippen LogP contribution in [0.15, 0.2) is 60.7 Å². The summed E-state index contributed by atoms with van der Waals surface area (Å²) in [5, 5.41) is 0. The maximum absolute atomic E-state index is 5.14. The third-order valence-electron chi connectivity index (χ3n) is 5.63. The Bertz CT molecular complexity index is 905. The monoisotopic (exact) mass is 396 g/mol. The van der Waals surface area contributed by atoms with E-state index < -0.39 is 0 Å². The summed E-state index contributed by atoms with van der Waals surface area (Å²) in [6, 6.07) is 20.8. The summed E-state index contributed by atoms with van der Waals surface area (Å²) < 4.78 is 0. The molecule has 2 unspecified atom stereocenters. The van der Waals surface area contributed by atoms with E-state index in [1.165, 1.54) is 11.1 Å². The number of hydrogen-bond donors (Lipinski definition) is 0. The summed E-state index contributed by atoms with van der Waals surface area (Å²) in [6.07, 6.45) is 10.6. The van der Waals surface area contributed by atoms with Crippen LogP contribution in [0, 0.1) is 0 Å². The lowest BCUT2D eigenvalue weighted by Crippen LogP contribution is -2.10. The largest absolute Gasteiger partial charge is 0.249 e. The third kappa shape index (κ3) is 5.54. The van der Waals surface area contributed by atoms with Crippen LogP contribution in [0.2, 0.25) is 0 Å². The molecule has 1 heterocycles. The van der Waals surface area contributed by atoms with E-state index >= 15 is 0 Å². The Kier molecular flexibility index (Phi) is 7.73. The first-order valence-electron chi connectivity index (χ1n) is 11.0. The standard InChI is InChI=1S/C28H32N2/c1-5-21(3)27-25(19-17-23-13-9-7-10-14-23)30-28(22(4)6-2)26(29-27)20-18-24-15-11-8-12-16-24/h7-22H,5-6H2,1-4H3/b19-17+,20-18+. The molecule has 3 rings (SSSR count). The van der Waals surface area contributed by atoms with E-state index in [0.717, 1.165) is 35.6 Å². The van der Waals surface area contributed by atoms with Crippen molar-refractivity contribution in [3.8, 4) is 0 Å². The average molecular weight is 397 g/mol. The molecule has 0 saturated heterocycles. The molecule has 154 valence electrons. The first-order valence-corrected chi connectivity index (χ1v) is 11.0. The van der Waals surface area contributed by atoms with Crippen LogP contribution in [0.5, 0.6) is 0 Å². The SMILES string of the molecule is CCC(C)c1nc(/C=C/c2ccccc2)c(C(C)CC)nc1/C=C/c1ccccc1. The second kappa shape index (κ2) is 10.7. The fraction of sp³-hybridized carbons (Fsp3) is 0.286. The van der Waals surface area contributed by atoms with E-state index in [1.54, 1.807) is 0 Å². The van der Waals surface area contributed by atoms with Crippen LogP contribution in [-0.2, 0) is 0 Å². The van der Waals surface area contributed by atoms with Gasteiger partial charge < -0.3 is 0 Å². The van der Waals surface area contributed by atoms with E-state index in [1.807, 2.05) is 12.1 Å². The summed E-state index contributed by atoms with van der Waals surface area (Å²) in [4.78, 5) is 10.3. The molecular formula is C28H32N2. The Hall–Kier alpha value is -3.00. The van der Waals surface area contributed by atoms with Gasteiger partial charge in [-0.1, -0.05) is 101 Å². The second-order valence-corrected chi connectivity index (χ2v) is 7.87. The van der Waals surface area contributed by atoms with Crippen molar-refractivity contribution in [3.63, 3.8) is 0 Å². The summed E-state index contributed by atoms with van der Waals surface area (Å²) in [7, 11) is 0. The van der Waals surface area contributed by atoms with Crippen molar-refractivity contribution >= 4 is 24.3 Å². The van der Waals surface area contributed by atoms with E-state index in [9.17, 15) is 0 Å². The number of rotatable bonds is 8. The van der Waals surface area contributed by atoms with Gasteiger partial charge >= 0.3 is 0 Å². The second-order valence-electron chi connectivity index (χ2n) is 7.87. The van der Waals surface area contributed by atoms with Gasteiger partial charge in [-0.2, -0.15) is 0 Å². The van der Waals surface area contributed by atoms with Crippen LogP contribution < -0.4 is 0 Å². The maximum atomic E-state index is 5.14. The van der Waals surface area contributed by atoms with E-state index in [2.05, 4.69) is 101 Å². The van der Waals surface area contributed by atoms with Gasteiger partial charge in [0.05, 0.1) is 22.8 Å². The summed E-state index contributed by atoms with van der Waals surface area (Å²) >= 11 is 0. The van der Waals surface area contributed by atoms with Crippen LogP contribution in [0.25, 0.3) is 24.3 Å². The van der Waals surface area contributed by atoms with Crippen molar-refractivity contribution in [2.75, 3.05) is 0 Å². The molecule has 0 amide bonds. The zero-order chi connectivity index (χ0) is 21.3. The number of nitrogens with zero attached hydrogens (tertiary/aromatic N) is 2. The molecule has 2 heteroatoms. The van der Waals surface area contributed by atoms with Crippen LogP contribution in [0.1, 0.15) is 86.3 Å². The molecular weight excluding hydrogens is 364 g/mol. The zero-order valence-corrected chi connectivity index (χ0v) is 18.5. The summed E-state index contributed by atoms with van der Waals surface area (Å²) in [6.45, 7) is 8.88. The molecule has 1 aromatic heterocycles. The Morgan fingerprint density at radius 1 is 0.600 bits per heavy atom. The Morgan fingerprint density at radius 3 is 1.30 bits per heavy atom. The van der Waals surface area contributed by atoms with Crippen molar-refractivity contribution in [2.45, 2.75) is 52.4 Å².